The molecule has 2 rings (SSSR count). The topological polar surface area (TPSA) is 70.1 Å². The van der Waals surface area contributed by atoms with Crippen LogP contribution in [0.3, 0.4) is 0 Å². The summed E-state index contributed by atoms with van der Waals surface area (Å²) in [5.74, 6) is -0.278. The molecule has 2 aromatic rings. The number of ether oxygens (including phenoxy) is 1. The summed E-state index contributed by atoms with van der Waals surface area (Å²) in [6, 6.07) is 9.15. The summed E-state index contributed by atoms with van der Waals surface area (Å²) in [6.07, 6.45) is 3.75. The lowest BCUT2D eigenvalue weighted by Gasteiger charge is -2.12. The van der Waals surface area contributed by atoms with Crippen LogP contribution in [0.1, 0.15) is 24.9 Å². The third-order valence-corrected chi connectivity index (χ3v) is 2.76. The molecule has 1 aromatic heterocycles. The predicted octanol–water partition coefficient (Wildman–Crippen LogP) is 1.83. The number of nitrogens with zero attached hydrogens (tertiary/aromatic N) is 2. The summed E-state index contributed by atoms with van der Waals surface area (Å²) in [6.45, 7) is 2.15. The lowest BCUT2D eigenvalue weighted by Crippen LogP contribution is -2.17. The Balaban J connectivity index is 2.12. The smallest absolute Gasteiger partial charge is 0.307 e. The number of rotatable bonds is 5. The van der Waals surface area contributed by atoms with E-state index in [2.05, 4.69) is 5.10 Å². The minimum Gasteiger partial charge on any atom is -0.466 e. The van der Waals surface area contributed by atoms with Gasteiger partial charge in [0.2, 0.25) is 0 Å². The third kappa shape index (κ3) is 3.42. The van der Waals surface area contributed by atoms with Gasteiger partial charge in [-0.2, -0.15) is 5.10 Å². The van der Waals surface area contributed by atoms with Crippen LogP contribution in [0.4, 0.5) is 0 Å². The summed E-state index contributed by atoms with van der Waals surface area (Å²) in [5.41, 5.74) is 7.83. The van der Waals surface area contributed by atoms with Gasteiger partial charge in [0, 0.05) is 18.4 Å². The lowest BCUT2D eigenvalue weighted by molar-refractivity contribution is -0.143. The Labute approximate surface area is 112 Å². The third-order valence-electron chi connectivity index (χ3n) is 2.76. The van der Waals surface area contributed by atoms with Gasteiger partial charge in [-0.05, 0) is 30.7 Å². The first kappa shape index (κ1) is 13.3. The Bertz CT molecular complexity index is 537. The lowest BCUT2D eigenvalue weighted by atomic mass is 10.0. The fourth-order valence-corrected chi connectivity index (χ4v) is 1.84. The zero-order valence-electron chi connectivity index (χ0n) is 10.8. The van der Waals surface area contributed by atoms with Crippen molar-refractivity contribution in [3.8, 4) is 5.69 Å². The highest BCUT2D eigenvalue weighted by molar-refractivity contribution is 5.70. The maximum absolute atomic E-state index is 11.4. The van der Waals surface area contributed by atoms with Gasteiger partial charge in [0.05, 0.1) is 18.7 Å². The van der Waals surface area contributed by atoms with E-state index in [0.717, 1.165) is 11.3 Å². The first-order valence-corrected chi connectivity index (χ1v) is 6.22. The summed E-state index contributed by atoms with van der Waals surface area (Å²) in [4.78, 5) is 11.4. The van der Waals surface area contributed by atoms with Crippen molar-refractivity contribution in [3.05, 3.63) is 48.3 Å². The summed E-state index contributed by atoms with van der Waals surface area (Å²) >= 11 is 0. The minimum absolute atomic E-state index is 0.177. The van der Waals surface area contributed by atoms with Crippen LogP contribution in [0.5, 0.6) is 0 Å². The van der Waals surface area contributed by atoms with E-state index < -0.39 is 0 Å². The molecule has 0 saturated carbocycles. The van der Waals surface area contributed by atoms with Gasteiger partial charge in [-0.1, -0.05) is 12.1 Å². The van der Waals surface area contributed by atoms with Gasteiger partial charge in [-0.25, -0.2) is 4.68 Å². The second kappa shape index (κ2) is 6.15. The zero-order chi connectivity index (χ0) is 13.7. The molecule has 0 aliphatic rings. The van der Waals surface area contributed by atoms with Crippen LogP contribution in [0.25, 0.3) is 5.69 Å². The molecule has 100 valence electrons. The molecular weight excluding hydrogens is 242 g/mol. The molecule has 1 aromatic carbocycles. The van der Waals surface area contributed by atoms with Gasteiger partial charge in [-0.15, -0.1) is 0 Å². The van der Waals surface area contributed by atoms with Crippen LogP contribution in [0.15, 0.2) is 42.7 Å². The normalized spacial score (nSPS) is 12.1. The van der Waals surface area contributed by atoms with Gasteiger partial charge in [-0.3, -0.25) is 4.79 Å². The number of esters is 1. The van der Waals surface area contributed by atoms with E-state index >= 15 is 0 Å². The van der Waals surface area contributed by atoms with E-state index in [0.29, 0.717) is 6.61 Å². The van der Waals surface area contributed by atoms with E-state index in [-0.39, 0.29) is 18.4 Å². The average molecular weight is 259 g/mol. The highest BCUT2D eigenvalue weighted by Crippen LogP contribution is 2.18. The van der Waals surface area contributed by atoms with Crippen molar-refractivity contribution < 1.29 is 9.53 Å². The highest BCUT2D eigenvalue weighted by atomic mass is 16.5. The van der Waals surface area contributed by atoms with E-state index in [9.17, 15) is 4.79 Å². The molecule has 0 fully saturated rings. The van der Waals surface area contributed by atoms with Crippen molar-refractivity contribution in [1.82, 2.24) is 9.78 Å². The molecule has 0 amide bonds. The molecule has 19 heavy (non-hydrogen) atoms. The molecule has 1 heterocycles. The Morgan fingerprint density at radius 2 is 2.32 bits per heavy atom. The number of hydrogen-bond acceptors (Lipinski definition) is 4. The minimum atomic E-state index is -0.366. The molecule has 0 aliphatic carbocycles. The number of carbonyl (C=O) groups is 1. The molecular formula is C14H17N3O2. The molecule has 0 saturated heterocycles. The zero-order valence-corrected chi connectivity index (χ0v) is 10.8. The summed E-state index contributed by atoms with van der Waals surface area (Å²) in [5, 5.41) is 4.16. The SMILES string of the molecule is CCOC(=O)CC(N)c1cccc(-n2cccn2)c1. The van der Waals surface area contributed by atoms with Crippen molar-refractivity contribution in [1.29, 1.82) is 0 Å². The molecule has 5 nitrogen and oxygen atoms in total. The summed E-state index contributed by atoms with van der Waals surface area (Å²) < 4.78 is 6.65. The van der Waals surface area contributed by atoms with Crippen LogP contribution in [-0.4, -0.2) is 22.4 Å². The first-order chi connectivity index (χ1) is 9.20. The predicted molar refractivity (Wildman–Crippen MR) is 71.7 cm³/mol. The van der Waals surface area contributed by atoms with Crippen LogP contribution < -0.4 is 5.73 Å². The average Bonchev–Trinajstić information content (AvgIpc) is 2.93. The van der Waals surface area contributed by atoms with Crippen LogP contribution >= 0.6 is 0 Å². The van der Waals surface area contributed by atoms with Gasteiger partial charge < -0.3 is 10.5 Å². The number of nitrogens with two attached hydrogens (primary N) is 1. The number of hydrogen-bond donors (Lipinski definition) is 1. The Hall–Kier alpha value is -2.14. The standard InChI is InChI=1S/C14H17N3O2/c1-2-19-14(18)10-13(15)11-5-3-6-12(9-11)17-8-4-7-16-17/h3-9,13H,2,10,15H2,1H3. The molecule has 0 aliphatic heterocycles. The van der Waals surface area contributed by atoms with Gasteiger partial charge in [0.1, 0.15) is 0 Å². The monoisotopic (exact) mass is 259 g/mol. The number of carbonyl (C=O) groups excluding carboxylic acids is 1. The Morgan fingerprint density at radius 3 is 3.00 bits per heavy atom. The number of aromatic nitrogens is 2. The second-order valence-corrected chi connectivity index (χ2v) is 4.16. The fraction of sp³-hybridized carbons (Fsp3) is 0.286. The van der Waals surface area contributed by atoms with Crippen molar-refractivity contribution in [2.45, 2.75) is 19.4 Å². The summed E-state index contributed by atoms with van der Waals surface area (Å²) in [7, 11) is 0. The molecule has 1 atom stereocenters. The Kier molecular flexibility index (Phi) is 4.30. The fourth-order valence-electron chi connectivity index (χ4n) is 1.84. The van der Waals surface area contributed by atoms with E-state index in [4.69, 9.17) is 10.5 Å². The van der Waals surface area contributed by atoms with Crippen LogP contribution in [-0.2, 0) is 9.53 Å². The first-order valence-electron chi connectivity index (χ1n) is 6.22. The van der Waals surface area contributed by atoms with E-state index in [1.807, 2.05) is 36.5 Å². The largest absolute Gasteiger partial charge is 0.466 e. The van der Waals surface area contributed by atoms with Crippen LogP contribution in [0, 0.1) is 0 Å². The molecule has 0 radical (unpaired) electrons. The molecule has 5 heteroatoms. The van der Waals surface area contributed by atoms with E-state index in [1.165, 1.54) is 0 Å². The maximum Gasteiger partial charge on any atom is 0.307 e. The van der Waals surface area contributed by atoms with Crippen molar-refractivity contribution >= 4 is 5.97 Å². The highest BCUT2D eigenvalue weighted by Gasteiger charge is 2.13. The van der Waals surface area contributed by atoms with Crippen molar-refractivity contribution in [2.75, 3.05) is 6.61 Å². The van der Waals surface area contributed by atoms with Gasteiger partial charge in [0.25, 0.3) is 0 Å². The molecule has 2 N–H and O–H groups in total. The van der Waals surface area contributed by atoms with Gasteiger partial charge in [0.15, 0.2) is 0 Å². The van der Waals surface area contributed by atoms with Crippen LogP contribution in [0.2, 0.25) is 0 Å². The molecule has 0 spiro atoms. The molecule has 0 bridgehead atoms. The van der Waals surface area contributed by atoms with Crippen molar-refractivity contribution in [3.63, 3.8) is 0 Å². The van der Waals surface area contributed by atoms with E-state index in [1.54, 1.807) is 17.8 Å². The number of benzene rings is 1. The molecule has 1 unspecified atom stereocenters. The Morgan fingerprint density at radius 1 is 1.47 bits per heavy atom. The van der Waals surface area contributed by atoms with Crippen molar-refractivity contribution in [2.24, 2.45) is 5.73 Å². The second-order valence-electron chi connectivity index (χ2n) is 4.16. The van der Waals surface area contributed by atoms with Gasteiger partial charge >= 0.3 is 5.97 Å². The quantitative estimate of drug-likeness (QED) is 0.831. The maximum atomic E-state index is 11.4.